The molecule has 3 rings (SSSR count). The first-order valence-electron chi connectivity index (χ1n) is 14.8. The van der Waals surface area contributed by atoms with Crippen molar-refractivity contribution in [2.45, 2.75) is 84.5 Å². The minimum Gasteiger partial charge on any atom is -0.309 e. The summed E-state index contributed by atoms with van der Waals surface area (Å²) < 4.78 is 47.7. The molecule has 0 aliphatic heterocycles. The summed E-state index contributed by atoms with van der Waals surface area (Å²) in [5, 5.41) is 0. The molecule has 0 radical (unpaired) electrons. The predicted molar refractivity (Wildman–Crippen MR) is 161 cm³/mol. The Hall–Kier alpha value is -1.26. The van der Waals surface area contributed by atoms with Gasteiger partial charge in [-0.1, -0.05) is 74.2 Å². The van der Waals surface area contributed by atoms with Gasteiger partial charge in [-0.3, -0.25) is 9.13 Å². The molecule has 218 valence electrons. The van der Waals surface area contributed by atoms with E-state index in [4.69, 9.17) is 18.1 Å². The maximum atomic E-state index is 12.9. The van der Waals surface area contributed by atoms with E-state index in [2.05, 4.69) is 48.5 Å². The topological polar surface area (TPSA) is 71.1 Å². The SMILES string of the molecule is CCOP(=O)(CCCCCC1(CCCCCP(=O)(OCC)OCC)c2ccccc2-c2ccccc21)OCC. The fourth-order valence-electron chi connectivity index (χ4n) is 6.02. The van der Waals surface area contributed by atoms with Crippen molar-refractivity contribution in [2.24, 2.45) is 0 Å². The van der Waals surface area contributed by atoms with Gasteiger partial charge in [0.1, 0.15) is 0 Å². The van der Waals surface area contributed by atoms with Crippen molar-refractivity contribution in [3.05, 3.63) is 59.7 Å². The first-order valence-corrected chi connectivity index (χ1v) is 18.3. The normalized spacial score (nSPS) is 14.4. The van der Waals surface area contributed by atoms with E-state index in [0.29, 0.717) is 38.8 Å². The zero-order chi connectivity index (χ0) is 28.2. The molecule has 0 unspecified atom stereocenters. The van der Waals surface area contributed by atoms with Crippen molar-refractivity contribution in [3.8, 4) is 11.1 Å². The van der Waals surface area contributed by atoms with E-state index in [0.717, 1.165) is 51.4 Å². The number of fused-ring (bicyclic) bond motifs is 3. The van der Waals surface area contributed by atoms with Crippen LogP contribution in [0.25, 0.3) is 11.1 Å². The van der Waals surface area contributed by atoms with Gasteiger partial charge < -0.3 is 18.1 Å². The van der Waals surface area contributed by atoms with Crippen LogP contribution in [0.5, 0.6) is 0 Å². The highest BCUT2D eigenvalue weighted by Crippen LogP contribution is 2.55. The van der Waals surface area contributed by atoms with Crippen molar-refractivity contribution in [1.29, 1.82) is 0 Å². The monoisotopic (exact) mass is 578 g/mol. The van der Waals surface area contributed by atoms with E-state index in [1.165, 1.54) is 22.3 Å². The molecule has 0 saturated heterocycles. The van der Waals surface area contributed by atoms with Gasteiger partial charge in [-0.05, 0) is 75.6 Å². The molecule has 2 aromatic rings. The molecule has 39 heavy (non-hydrogen) atoms. The average Bonchev–Trinajstić information content (AvgIpc) is 3.19. The average molecular weight is 579 g/mol. The Kier molecular flexibility index (Phi) is 13.0. The Bertz CT molecular complexity index is 1010. The Morgan fingerprint density at radius 1 is 0.538 bits per heavy atom. The highest BCUT2D eigenvalue weighted by molar-refractivity contribution is 7.54. The number of rotatable bonds is 20. The quantitative estimate of drug-likeness (QED) is 0.115. The van der Waals surface area contributed by atoms with E-state index < -0.39 is 15.2 Å². The van der Waals surface area contributed by atoms with Crippen LogP contribution in [-0.2, 0) is 32.6 Å². The molecule has 0 heterocycles. The summed E-state index contributed by atoms with van der Waals surface area (Å²) in [4.78, 5) is 0. The second-order valence-corrected chi connectivity index (χ2v) is 14.5. The molecule has 8 heteroatoms. The first-order chi connectivity index (χ1) is 18.9. The van der Waals surface area contributed by atoms with Gasteiger partial charge in [0.25, 0.3) is 0 Å². The van der Waals surface area contributed by atoms with Crippen LogP contribution in [0, 0.1) is 0 Å². The van der Waals surface area contributed by atoms with E-state index >= 15 is 0 Å². The van der Waals surface area contributed by atoms with Crippen LogP contribution in [-0.4, -0.2) is 38.8 Å². The molecule has 0 N–H and O–H groups in total. The Labute approximate surface area is 236 Å². The Morgan fingerprint density at radius 2 is 0.897 bits per heavy atom. The molecule has 0 amide bonds. The fraction of sp³-hybridized carbons (Fsp3) is 0.613. The number of benzene rings is 2. The van der Waals surface area contributed by atoms with Gasteiger partial charge in [0.05, 0.1) is 38.8 Å². The van der Waals surface area contributed by atoms with Crippen LogP contribution < -0.4 is 0 Å². The predicted octanol–water partition coefficient (Wildman–Crippen LogP) is 9.61. The lowest BCUT2D eigenvalue weighted by atomic mass is 9.70. The molecule has 0 fully saturated rings. The summed E-state index contributed by atoms with van der Waals surface area (Å²) in [5.41, 5.74) is 5.44. The van der Waals surface area contributed by atoms with Crippen molar-refractivity contribution in [1.82, 2.24) is 0 Å². The second kappa shape index (κ2) is 15.7. The maximum absolute atomic E-state index is 12.9. The molecule has 0 aromatic heterocycles. The largest absolute Gasteiger partial charge is 0.330 e. The molecule has 1 aliphatic rings. The maximum Gasteiger partial charge on any atom is 0.330 e. The Morgan fingerprint density at radius 3 is 1.26 bits per heavy atom. The van der Waals surface area contributed by atoms with Crippen LogP contribution in [0.1, 0.15) is 90.2 Å². The number of unbranched alkanes of at least 4 members (excludes halogenated alkanes) is 4. The first kappa shape index (κ1) is 32.3. The molecular formula is C31H48O6P2. The van der Waals surface area contributed by atoms with E-state index in [1.807, 2.05) is 27.7 Å². The number of hydrogen-bond acceptors (Lipinski definition) is 6. The molecular weight excluding hydrogens is 530 g/mol. The van der Waals surface area contributed by atoms with Crippen LogP contribution >= 0.6 is 15.2 Å². The third-order valence-electron chi connectivity index (χ3n) is 7.55. The molecule has 1 aliphatic carbocycles. The number of hydrogen-bond donors (Lipinski definition) is 0. The summed E-state index contributed by atoms with van der Waals surface area (Å²) >= 11 is 0. The third-order valence-corrected chi connectivity index (χ3v) is 11.9. The van der Waals surface area contributed by atoms with Crippen LogP contribution in [0.2, 0.25) is 0 Å². The van der Waals surface area contributed by atoms with Gasteiger partial charge in [0.15, 0.2) is 0 Å². The van der Waals surface area contributed by atoms with Crippen LogP contribution in [0.3, 0.4) is 0 Å². The molecule has 2 aromatic carbocycles. The molecule has 0 saturated carbocycles. The van der Waals surface area contributed by atoms with Crippen molar-refractivity contribution >= 4 is 15.2 Å². The summed E-state index contributed by atoms with van der Waals surface area (Å²) in [6.07, 6.45) is 8.65. The van der Waals surface area contributed by atoms with Gasteiger partial charge >= 0.3 is 15.2 Å². The lowest BCUT2D eigenvalue weighted by Crippen LogP contribution is -2.25. The smallest absolute Gasteiger partial charge is 0.309 e. The summed E-state index contributed by atoms with van der Waals surface area (Å²) in [7, 11) is -6.00. The van der Waals surface area contributed by atoms with Crippen LogP contribution in [0.4, 0.5) is 0 Å². The van der Waals surface area contributed by atoms with Crippen molar-refractivity contribution in [2.75, 3.05) is 38.8 Å². The highest BCUT2D eigenvalue weighted by atomic mass is 31.2. The van der Waals surface area contributed by atoms with Gasteiger partial charge in [-0.2, -0.15) is 0 Å². The summed E-state index contributed by atoms with van der Waals surface area (Å²) in [6, 6.07) is 17.7. The zero-order valence-corrected chi connectivity index (χ0v) is 26.2. The summed E-state index contributed by atoms with van der Waals surface area (Å²) in [6.45, 7) is 9.04. The zero-order valence-electron chi connectivity index (χ0n) is 24.4. The van der Waals surface area contributed by atoms with Gasteiger partial charge in [-0.25, -0.2) is 0 Å². The standard InChI is InChI=1S/C31H48O6P2/c1-5-34-38(32,35-6-2)25-17-9-15-23-31(24-16-10-18-26-39(33,36-7-3)37-8-4)29-21-13-11-19-27(29)28-20-12-14-22-30(28)31/h11-14,19-22H,5-10,15-18,23-26H2,1-4H3. The van der Waals surface area contributed by atoms with Crippen molar-refractivity contribution in [3.63, 3.8) is 0 Å². The molecule has 6 nitrogen and oxygen atoms in total. The van der Waals surface area contributed by atoms with E-state index in [-0.39, 0.29) is 5.41 Å². The van der Waals surface area contributed by atoms with Crippen LogP contribution in [0.15, 0.2) is 48.5 Å². The van der Waals surface area contributed by atoms with E-state index in [1.54, 1.807) is 0 Å². The molecule has 0 atom stereocenters. The minimum atomic E-state index is -3.00. The lowest BCUT2D eigenvalue weighted by molar-refractivity contribution is 0.218. The van der Waals surface area contributed by atoms with Gasteiger partial charge in [-0.15, -0.1) is 0 Å². The fourth-order valence-corrected chi connectivity index (χ4v) is 9.48. The highest BCUT2D eigenvalue weighted by Gasteiger charge is 2.41. The summed E-state index contributed by atoms with van der Waals surface area (Å²) in [5.74, 6) is 0. The van der Waals surface area contributed by atoms with E-state index in [9.17, 15) is 9.13 Å². The van der Waals surface area contributed by atoms with Gasteiger partial charge in [0, 0.05) is 5.41 Å². The van der Waals surface area contributed by atoms with Crippen molar-refractivity contribution < 1.29 is 27.2 Å². The third kappa shape index (κ3) is 8.38. The second-order valence-electron chi connectivity index (χ2n) is 10.1. The minimum absolute atomic E-state index is 0.0553. The lowest BCUT2D eigenvalue weighted by Gasteiger charge is -2.33. The molecule has 0 spiro atoms. The van der Waals surface area contributed by atoms with Gasteiger partial charge in [0.2, 0.25) is 0 Å². The Balaban J connectivity index is 1.70. The molecule has 0 bridgehead atoms.